The number of methoxy groups -OCH3 is 2. The van der Waals surface area contributed by atoms with Crippen molar-refractivity contribution >= 4 is 23.3 Å². The van der Waals surface area contributed by atoms with Crippen molar-refractivity contribution in [1.29, 1.82) is 0 Å². The van der Waals surface area contributed by atoms with Gasteiger partial charge in [-0.2, -0.15) is 0 Å². The van der Waals surface area contributed by atoms with E-state index in [0.717, 1.165) is 12.0 Å². The molecular formula is C21H25N5O2S. The lowest BCUT2D eigenvalue weighted by molar-refractivity contribution is 0.354. The highest BCUT2D eigenvalue weighted by molar-refractivity contribution is 7.80. The van der Waals surface area contributed by atoms with E-state index in [2.05, 4.69) is 45.8 Å². The Morgan fingerprint density at radius 3 is 2.66 bits per heavy atom. The van der Waals surface area contributed by atoms with Gasteiger partial charge in [0.25, 0.3) is 0 Å². The van der Waals surface area contributed by atoms with Crippen LogP contribution in [0.3, 0.4) is 0 Å². The molecule has 3 rings (SSSR count). The van der Waals surface area contributed by atoms with Gasteiger partial charge in [0.05, 0.1) is 20.8 Å². The molecule has 0 spiro atoms. The molecule has 0 atom stereocenters. The summed E-state index contributed by atoms with van der Waals surface area (Å²) >= 11 is 5.34. The summed E-state index contributed by atoms with van der Waals surface area (Å²) in [5, 5.41) is 11.1. The van der Waals surface area contributed by atoms with Gasteiger partial charge >= 0.3 is 0 Å². The first kappa shape index (κ1) is 20.6. The van der Waals surface area contributed by atoms with Gasteiger partial charge in [-0.05, 0) is 48.8 Å². The fraction of sp³-hybridized carbons (Fsp3) is 0.286. The minimum Gasteiger partial charge on any atom is -0.493 e. The van der Waals surface area contributed by atoms with Crippen LogP contribution in [-0.4, -0.2) is 40.6 Å². The lowest BCUT2D eigenvalue weighted by Gasteiger charge is -2.11. The van der Waals surface area contributed by atoms with Crippen LogP contribution in [0.4, 0.5) is 5.95 Å². The van der Waals surface area contributed by atoms with Crippen molar-refractivity contribution in [2.24, 2.45) is 0 Å². The fourth-order valence-corrected chi connectivity index (χ4v) is 3.12. The molecule has 3 aromatic rings. The molecule has 8 heteroatoms. The number of thiocarbonyl (C=S) groups is 1. The third kappa shape index (κ3) is 5.92. The molecule has 0 aliphatic rings. The Kier molecular flexibility index (Phi) is 7.02. The number of nitrogens with one attached hydrogen (secondary N) is 2. The van der Waals surface area contributed by atoms with Gasteiger partial charge in [0.2, 0.25) is 5.95 Å². The number of hydrogen-bond acceptors (Lipinski definition) is 5. The van der Waals surface area contributed by atoms with Crippen LogP contribution in [0.1, 0.15) is 16.7 Å². The molecular weight excluding hydrogens is 386 g/mol. The maximum atomic E-state index is 5.34. The molecule has 2 N–H and O–H groups in total. The Labute approximate surface area is 176 Å². The van der Waals surface area contributed by atoms with Crippen molar-refractivity contribution < 1.29 is 9.47 Å². The van der Waals surface area contributed by atoms with E-state index in [1.807, 2.05) is 24.3 Å². The Bertz CT molecular complexity index is 973. The Morgan fingerprint density at radius 2 is 1.90 bits per heavy atom. The smallest absolute Gasteiger partial charge is 0.248 e. The van der Waals surface area contributed by atoms with Crippen LogP contribution < -0.4 is 20.1 Å². The number of benzene rings is 2. The van der Waals surface area contributed by atoms with Crippen LogP contribution in [0, 0.1) is 6.92 Å². The van der Waals surface area contributed by atoms with E-state index in [0.29, 0.717) is 35.6 Å². The number of aromatic nitrogens is 3. The van der Waals surface area contributed by atoms with E-state index in [9.17, 15) is 0 Å². The van der Waals surface area contributed by atoms with Crippen LogP contribution >= 0.6 is 12.2 Å². The molecule has 2 aromatic carbocycles. The molecule has 0 saturated carbocycles. The van der Waals surface area contributed by atoms with Gasteiger partial charge in [0, 0.05) is 6.54 Å². The Hall–Kier alpha value is -3.13. The minimum atomic E-state index is 0.473. The van der Waals surface area contributed by atoms with Crippen LogP contribution in [0.15, 0.2) is 48.8 Å². The van der Waals surface area contributed by atoms with Gasteiger partial charge in [-0.1, -0.05) is 35.9 Å². The molecule has 0 saturated heterocycles. The first-order chi connectivity index (χ1) is 14.1. The summed E-state index contributed by atoms with van der Waals surface area (Å²) in [7, 11) is 3.25. The number of anilines is 1. The second-order valence-electron chi connectivity index (χ2n) is 6.58. The summed E-state index contributed by atoms with van der Waals surface area (Å²) in [6, 6.07) is 14.2. The van der Waals surface area contributed by atoms with Crippen LogP contribution in [0.5, 0.6) is 11.5 Å². The van der Waals surface area contributed by atoms with Gasteiger partial charge in [-0.25, -0.2) is 9.67 Å². The average Bonchev–Trinajstić information content (AvgIpc) is 3.14. The summed E-state index contributed by atoms with van der Waals surface area (Å²) in [5.41, 5.74) is 3.52. The van der Waals surface area contributed by atoms with E-state index in [4.69, 9.17) is 21.7 Å². The van der Waals surface area contributed by atoms with Crippen LogP contribution in [-0.2, 0) is 13.0 Å². The van der Waals surface area contributed by atoms with Gasteiger partial charge in [-0.15, -0.1) is 5.10 Å². The average molecular weight is 412 g/mol. The summed E-state index contributed by atoms with van der Waals surface area (Å²) in [5.74, 6) is 1.91. The van der Waals surface area contributed by atoms with E-state index in [-0.39, 0.29) is 0 Å². The van der Waals surface area contributed by atoms with Crippen LogP contribution in [0.2, 0.25) is 0 Å². The monoisotopic (exact) mass is 411 g/mol. The molecule has 0 bridgehead atoms. The highest BCUT2D eigenvalue weighted by Crippen LogP contribution is 2.27. The zero-order valence-corrected chi connectivity index (χ0v) is 17.6. The second kappa shape index (κ2) is 9.88. The molecule has 0 amide bonds. The highest BCUT2D eigenvalue weighted by Gasteiger charge is 2.06. The summed E-state index contributed by atoms with van der Waals surface area (Å²) in [6.45, 7) is 3.41. The number of aryl methyl sites for hydroxylation is 1. The van der Waals surface area contributed by atoms with E-state index >= 15 is 0 Å². The molecule has 7 nitrogen and oxygen atoms in total. The third-order valence-electron chi connectivity index (χ3n) is 4.34. The van der Waals surface area contributed by atoms with Crippen molar-refractivity contribution in [2.75, 3.05) is 26.1 Å². The first-order valence-corrected chi connectivity index (χ1v) is 9.69. The number of nitrogens with zero attached hydrogens (tertiary/aromatic N) is 3. The van der Waals surface area contributed by atoms with Crippen molar-refractivity contribution in [1.82, 2.24) is 20.1 Å². The van der Waals surface area contributed by atoms with Crippen molar-refractivity contribution in [3.8, 4) is 11.5 Å². The molecule has 1 aromatic heterocycles. The molecule has 1 heterocycles. The van der Waals surface area contributed by atoms with Crippen molar-refractivity contribution in [2.45, 2.75) is 19.9 Å². The van der Waals surface area contributed by atoms with Crippen molar-refractivity contribution in [3.63, 3.8) is 0 Å². The zero-order chi connectivity index (χ0) is 20.6. The summed E-state index contributed by atoms with van der Waals surface area (Å²) in [6.07, 6.45) is 2.48. The molecule has 0 aliphatic carbocycles. The molecule has 0 aliphatic heterocycles. The number of ether oxygens (including phenoxy) is 2. The van der Waals surface area contributed by atoms with E-state index in [1.165, 1.54) is 11.1 Å². The third-order valence-corrected chi connectivity index (χ3v) is 4.58. The lowest BCUT2D eigenvalue weighted by atomic mass is 10.1. The minimum absolute atomic E-state index is 0.473. The molecule has 0 fully saturated rings. The van der Waals surface area contributed by atoms with Gasteiger partial charge in [0.15, 0.2) is 16.6 Å². The standard InChI is InChI=1S/C21H25N5O2S/c1-15-5-4-6-17(11-15)13-26-14-23-20(25-26)24-21(29)22-10-9-16-7-8-18(27-2)19(12-16)28-3/h4-8,11-12,14H,9-10,13H2,1-3H3,(H2,22,24,25,29). The van der Waals surface area contributed by atoms with Crippen molar-refractivity contribution in [3.05, 3.63) is 65.5 Å². The molecule has 0 unspecified atom stereocenters. The lowest BCUT2D eigenvalue weighted by Crippen LogP contribution is -2.30. The van der Waals surface area contributed by atoms with Gasteiger partial charge in [0.1, 0.15) is 6.33 Å². The van der Waals surface area contributed by atoms with Crippen LogP contribution in [0.25, 0.3) is 0 Å². The number of hydrogen-bond donors (Lipinski definition) is 2. The molecule has 29 heavy (non-hydrogen) atoms. The van der Waals surface area contributed by atoms with Gasteiger partial charge in [-0.3, -0.25) is 5.32 Å². The SMILES string of the molecule is COc1ccc(CCNC(=S)Nc2ncn(Cc3cccc(C)c3)n2)cc1OC. The summed E-state index contributed by atoms with van der Waals surface area (Å²) < 4.78 is 12.4. The number of rotatable bonds is 8. The largest absolute Gasteiger partial charge is 0.493 e. The maximum Gasteiger partial charge on any atom is 0.248 e. The maximum absolute atomic E-state index is 5.34. The Morgan fingerprint density at radius 1 is 1.07 bits per heavy atom. The summed E-state index contributed by atoms with van der Waals surface area (Å²) in [4.78, 5) is 4.27. The predicted octanol–water partition coefficient (Wildman–Crippen LogP) is 3.18. The topological polar surface area (TPSA) is 73.2 Å². The fourth-order valence-electron chi connectivity index (χ4n) is 2.93. The quantitative estimate of drug-likeness (QED) is 0.552. The van der Waals surface area contributed by atoms with E-state index < -0.39 is 0 Å². The predicted molar refractivity (Wildman–Crippen MR) is 118 cm³/mol. The first-order valence-electron chi connectivity index (χ1n) is 9.28. The second-order valence-corrected chi connectivity index (χ2v) is 6.98. The zero-order valence-electron chi connectivity index (χ0n) is 16.8. The molecule has 152 valence electrons. The Balaban J connectivity index is 1.47. The molecule has 0 radical (unpaired) electrons. The van der Waals surface area contributed by atoms with E-state index in [1.54, 1.807) is 25.2 Å². The normalized spacial score (nSPS) is 10.4. The van der Waals surface area contributed by atoms with Gasteiger partial charge < -0.3 is 14.8 Å². The highest BCUT2D eigenvalue weighted by atomic mass is 32.1.